The fourth-order valence-corrected chi connectivity index (χ4v) is 5.34. The fraction of sp³-hybridized carbons (Fsp3) is 0.320. The third-order valence-electron chi connectivity index (χ3n) is 5.62. The minimum absolute atomic E-state index is 0.157. The van der Waals surface area contributed by atoms with E-state index in [1.165, 1.54) is 0 Å². The molecular formula is C25H25IN2O4S. The number of benzene rings is 2. The van der Waals surface area contributed by atoms with Crippen LogP contribution < -0.4 is 4.74 Å². The number of carbonyl (C=O) groups excluding carboxylic acids is 3. The average molecular weight is 576 g/mol. The van der Waals surface area contributed by atoms with Crippen molar-refractivity contribution in [2.45, 2.75) is 32.3 Å². The summed E-state index contributed by atoms with van der Waals surface area (Å²) in [6, 6.07) is 15.6. The highest BCUT2D eigenvalue weighted by Crippen LogP contribution is 2.33. The molecule has 0 N–H and O–H groups in total. The van der Waals surface area contributed by atoms with E-state index in [9.17, 15) is 14.4 Å². The predicted octanol–water partition coefficient (Wildman–Crippen LogP) is 5.31. The lowest BCUT2D eigenvalue weighted by Crippen LogP contribution is -2.42. The standard InChI is InChI=1S/C25H25IN2O4S/c26-20-14-19(10-11-21(20)32-17-18-8-4-3-5-9-18)15-22-24(30)28(25(31)33-22)16-23(29)27-12-6-1-2-7-13-27/h3-5,8-11,14-15H,1-2,6-7,12-13,16-17H2. The van der Waals surface area contributed by atoms with E-state index in [4.69, 9.17) is 4.74 Å². The minimum atomic E-state index is -0.410. The van der Waals surface area contributed by atoms with Gasteiger partial charge in [0.25, 0.3) is 11.1 Å². The molecule has 0 saturated carbocycles. The van der Waals surface area contributed by atoms with Gasteiger partial charge in [-0.15, -0.1) is 0 Å². The van der Waals surface area contributed by atoms with E-state index in [-0.39, 0.29) is 12.5 Å². The summed E-state index contributed by atoms with van der Waals surface area (Å²) < 4.78 is 6.82. The normalized spacial score (nSPS) is 18.0. The predicted molar refractivity (Wildman–Crippen MR) is 138 cm³/mol. The van der Waals surface area contributed by atoms with E-state index in [0.29, 0.717) is 24.6 Å². The number of halogens is 1. The second kappa shape index (κ2) is 11.2. The van der Waals surface area contributed by atoms with Gasteiger partial charge in [0, 0.05) is 13.1 Å². The smallest absolute Gasteiger partial charge is 0.294 e. The minimum Gasteiger partial charge on any atom is -0.488 e. The highest BCUT2D eigenvalue weighted by Gasteiger charge is 2.37. The van der Waals surface area contributed by atoms with Gasteiger partial charge < -0.3 is 9.64 Å². The van der Waals surface area contributed by atoms with E-state index < -0.39 is 11.1 Å². The summed E-state index contributed by atoms with van der Waals surface area (Å²) in [7, 11) is 0. The second-order valence-corrected chi connectivity index (χ2v) is 10.2. The summed E-state index contributed by atoms with van der Waals surface area (Å²) in [5.41, 5.74) is 1.89. The zero-order valence-electron chi connectivity index (χ0n) is 18.2. The largest absolute Gasteiger partial charge is 0.488 e. The van der Waals surface area contributed by atoms with Crippen LogP contribution in [0.5, 0.6) is 5.75 Å². The van der Waals surface area contributed by atoms with Gasteiger partial charge >= 0.3 is 0 Å². The van der Waals surface area contributed by atoms with Crippen molar-refractivity contribution in [3.05, 3.63) is 68.1 Å². The molecule has 33 heavy (non-hydrogen) atoms. The maximum absolute atomic E-state index is 12.8. The van der Waals surface area contributed by atoms with Crippen LogP contribution in [0.15, 0.2) is 53.4 Å². The van der Waals surface area contributed by atoms with Crippen LogP contribution in [-0.2, 0) is 16.2 Å². The van der Waals surface area contributed by atoms with Gasteiger partial charge in [-0.05, 0) is 76.5 Å². The fourth-order valence-electron chi connectivity index (χ4n) is 3.80. The lowest BCUT2D eigenvalue weighted by molar-refractivity contribution is -0.135. The molecule has 0 unspecified atom stereocenters. The van der Waals surface area contributed by atoms with Crippen LogP contribution in [-0.4, -0.2) is 46.5 Å². The number of carbonyl (C=O) groups is 3. The molecule has 172 valence electrons. The van der Waals surface area contributed by atoms with Crippen molar-refractivity contribution in [3.63, 3.8) is 0 Å². The van der Waals surface area contributed by atoms with Crippen molar-refractivity contribution in [1.82, 2.24) is 9.80 Å². The summed E-state index contributed by atoms with van der Waals surface area (Å²) in [4.78, 5) is 41.1. The summed E-state index contributed by atoms with van der Waals surface area (Å²) in [5, 5.41) is -0.396. The molecule has 0 radical (unpaired) electrons. The molecule has 3 amide bonds. The number of hydrogen-bond donors (Lipinski definition) is 0. The first kappa shape index (κ1) is 23.8. The van der Waals surface area contributed by atoms with Gasteiger partial charge in [0.1, 0.15) is 18.9 Å². The molecule has 2 aliphatic rings. The Morgan fingerprint density at radius 1 is 1.03 bits per heavy atom. The van der Waals surface area contributed by atoms with Crippen LogP contribution in [0, 0.1) is 3.57 Å². The highest BCUT2D eigenvalue weighted by molar-refractivity contribution is 14.1. The van der Waals surface area contributed by atoms with Crippen LogP contribution >= 0.6 is 34.4 Å². The number of imide groups is 1. The van der Waals surface area contributed by atoms with E-state index in [1.807, 2.05) is 48.5 Å². The Morgan fingerprint density at radius 3 is 2.45 bits per heavy atom. The van der Waals surface area contributed by atoms with Gasteiger partial charge in [-0.1, -0.05) is 49.2 Å². The monoisotopic (exact) mass is 576 g/mol. The van der Waals surface area contributed by atoms with Crippen molar-refractivity contribution in [3.8, 4) is 5.75 Å². The molecule has 2 aromatic carbocycles. The third-order valence-corrected chi connectivity index (χ3v) is 7.37. The molecule has 2 saturated heterocycles. The van der Waals surface area contributed by atoms with Gasteiger partial charge in [-0.2, -0.15) is 0 Å². The van der Waals surface area contributed by atoms with E-state index in [1.54, 1.807) is 11.0 Å². The molecule has 6 nitrogen and oxygen atoms in total. The first-order valence-electron chi connectivity index (χ1n) is 11.0. The number of ether oxygens (including phenoxy) is 1. The second-order valence-electron chi connectivity index (χ2n) is 8.03. The molecule has 0 spiro atoms. The molecule has 2 heterocycles. The van der Waals surface area contributed by atoms with Crippen LogP contribution in [0.1, 0.15) is 36.8 Å². The summed E-state index contributed by atoms with van der Waals surface area (Å²) in [5.74, 6) is 0.190. The van der Waals surface area contributed by atoms with E-state index in [2.05, 4.69) is 22.6 Å². The first-order chi connectivity index (χ1) is 16.0. The molecule has 0 aliphatic carbocycles. The van der Waals surface area contributed by atoms with Crippen molar-refractivity contribution in [2.24, 2.45) is 0 Å². The van der Waals surface area contributed by atoms with Crippen molar-refractivity contribution in [1.29, 1.82) is 0 Å². The third kappa shape index (κ3) is 6.17. The molecule has 2 aromatic rings. The van der Waals surface area contributed by atoms with Gasteiger partial charge in [0.15, 0.2) is 0 Å². The molecule has 0 atom stereocenters. The molecule has 2 fully saturated rings. The highest BCUT2D eigenvalue weighted by atomic mass is 127. The Kier molecular flexibility index (Phi) is 8.08. The number of amides is 3. The molecule has 0 bridgehead atoms. The topological polar surface area (TPSA) is 66.9 Å². The quantitative estimate of drug-likeness (QED) is 0.345. The Morgan fingerprint density at radius 2 is 1.76 bits per heavy atom. The van der Waals surface area contributed by atoms with Crippen LogP contribution in [0.2, 0.25) is 0 Å². The Balaban J connectivity index is 1.40. The summed E-state index contributed by atoms with van der Waals surface area (Å²) in [6.07, 6.45) is 5.87. The van der Waals surface area contributed by atoms with Crippen molar-refractivity contribution in [2.75, 3.05) is 19.6 Å². The lowest BCUT2D eigenvalue weighted by Gasteiger charge is -2.22. The molecule has 8 heteroatoms. The van der Waals surface area contributed by atoms with Gasteiger partial charge in [0.2, 0.25) is 5.91 Å². The SMILES string of the molecule is O=C(CN1C(=O)SC(=Cc2ccc(OCc3ccccc3)c(I)c2)C1=O)N1CCCCCC1. The number of rotatable bonds is 6. The molecule has 2 aliphatic heterocycles. The zero-order valence-corrected chi connectivity index (χ0v) is 21.1. The van der Waals surface area contributed by atoms with Crippen LogP contribution in [0.3, 0.4) is 0 Å². The van der Waals surface area contributed by atoms with E-state index >= 15 is 0 Å². The van der Waals surface area contributed by atoms with Crippen molar-refractivity contribution >= 4 is 57.5 Å². The number of nitrogens with zero attached hydrogens (tertiary/aromatic N) is 2. The lowest BCUT2D eigenvalue weighted by atomic mass is 10.2. The van der Waals surface area contributed by atoms with Gasteiger partial charge in [0.05, 0.1) is 8.48 Å². The maximum atomic E-state index is 12.8. The number of likely N-dealkylation sites (tertiary alicyclic amines) is 1. The average Bonchev–Trinajstić information content (AvgIpc) is 3.00. The van der Waals surface area contributed by atoms with Gasteiger partial charge in [-0.3, -0.25) is 19.3 Å². The number of thioether (sulfide) groups is 1. The van der Waals surface area contributed by atoms with Gasteiger partial charge in [-0.25, -0.2) is 0 Å². The molecular weight excluding hydrogens is 551 g/mol. The summed E-state index contributed by atoms with van der Waals surface area (Å²) >= 11 is 3.08. The van der Waals surface area contributed by atoms with Crippen LogP contribution in [0.25, 0.3) is 6.08 Å². The molecule has 4 rings (SSSR count). The molecule has 0 aromatic heterocycles. The zero-order chi connectivity index (χ0) is 23.2. The number of hydrogen-bond acceptors (Lipinski definition) is 5. The van der Waals surface area contributed by atoms with Crippen molar-refractivity contribution < 1.29 is 19.1 Å². The first-order valence-corrected chi connectivity index (χ1v) is 12.9. The van der Waals surface area contributed by atoms with E-state index in [0.717, 1.165) is 62.8 Å². The summed E-state index contributed by atoms with van der Waals surface area (Å²) in [6.45, 7) is 1.68. The van der Waals surface area contributed by atoms with Crippen LogP contribution in [0.4, 0.5) is 4.79 Å². The Bertz CT molecular complexity index is 1070. The Hall–Kier alpha value is -2.33. The maximum Gasteiger partial charge on any atom is 0.294 e. The Labute approximate surface area is 211 Å².